The number of benzene rings is 2. The Labute approximate surface area is 176 Å². The van der Waals surface area contributed by atoms with Crippen LogP contribution in [0.5, 0.6) is 0 Å². The van der Waals surface area contributed by atoms with Gasteiger partial charge in [-0.25, -0.2) is 9.86 Å². The molecule has 0 amide bonds. The summed E-state index contributed by atoms with van der Waals surface area (Å²) in [6.45, 7) is 4.80. The zero-order valence-corrected chi connectivity index (χ0v) is 17.5. The van der Waals surface area contributed by atoms with Gasteiger partial charge in [-0.15, -0.1) is 0 Å². The van der Waals surface area contributed by atoms with Crippen LogP contribution in [0.2, 0.25) is 0 Å². The molecule has 4 rings (SSSR count). The molecule has 6 nitrogen and oxygen atoms in total. The number of rotatable bonds is 4. The average molecular weight is 405 g/mol. The van der Waals surface area contributed by atoms with E-state index in [0.717, 1.165) is 42.6 Å². The third kappa shape index (κ3) is 4.22. The third-order valence-electron chi connectivity index (χ3n) is 5.70. The Kier molecular flexibility index (Phi) is 5.57. The summed E-state index contributed by atoms with van der Waals surface area (Å²) in [6.07, 6.45) is 4.34. The fraction of sp³-hybridized carbons (Fsp3) is 0.375. The number of ketones is 1. The van der Waals surface area contributed by atoms with Crippen LogP contribution in [0.4, 0.5) is 11.4 Å². The van der Waals surface area contributed by atoms with Crippen molar-refractivity contribution in [1.82, 2.24) is 0 Å². The third-order valence-corrected chi connectivity index (χ3v) is 5.70. The van der Waals surface area contributed by atoms with Crippen molar-refractivity contribution in [3.8, 4) is 0 Å². The lowest BCUT2D eigenvalue weighted by atomic mass is 9.87. The maximum atomic E-state index is 12.5. The molecule has 1 fully saturated rings. The second kappa shape index (κ2) is 8.30. The first-order valence-electron chi connectivity index (χ1n) is 10.5. The van der Waals surface area contributed by atoms with Gasteiger partial charge in [-0.3, -0.25) is 10.2 Å². The summed E-state index contributed by atoms with van der Waals surface area (Å²) in [5.41, 5.74) is 6.77. The minimum Gasteiger partial charge on any atom is -0.335 e. The molecule has 2 aromatic rings. The Morgan fingerprint density at radius 2 is 1.83 bits per heavy atom. The first kappa shape index (κ1) is 20.1. The highest BCUT2D eigenvalue weighted by Crippen LogP contribution is 2.42. The highest BCUT2D eigenvalue weighted by Gasteiger charge is 2.37. The molecule has 0 aromatic heterocycles. The van der Waals surface area contributed by atoms with Crippen molar-refractivity contribution in [2.45, 2.75) is 51.4 Å². The summed E-state index contributed by atoms with van der Waals surface area (Å²) in [5, 5.41) is 6.05. The van der Waals surface area contributed by atoms with E-state index in [1.807, 2.05) is 36.4 Å². The zero-order valence-electron chi connectivity index (χ0n) is 17.5. The maximum Gasteiger partial charge on any atom is 0.363 e. The minimum absolute atomic E-state index is 0.139. The van der Waals surface area contributed by atoms with Crippen molar-refractivity contribution in [1.29, 1.82) is 0 Å². The number of hydrogen-bond donors (Lipinski definition) is 1. The van der Waals surface area contributed by atoms with Crippen molar-refractivity contribution >= 4 is 28.8 Å². The monoisotopic (exact) mass is 405 g/mol. The number of hydrazone groups is 1. The molecule has 0 atom stereocenters. The Hall–Kier alpha value is -3.15. The molecular formula is C24H27N3O3. The highest BCUT2D eigenvalue weighted by molar-refractivity contribution is 6.40. The van der Waals surface area contributed by atoms with Gasteiger partial charge in [0, 0.05) is 11.8 Å². The van der Waals surface area contributed by atoms with Crippen LogP contribution < -0.4 is 10.5 Å². The number of hydrogen-bond acceptors (Lipinski definition) is 6. The number of nitrogens with one attached hydrogen (secondary N) is 1. The number of carbonyl (C=O) groups is 2. The lowest BCUT2D eigenvalue weighted by Crippen LogP contribution is -2.31. The van der Waals surface area contributed by atoms with Crippen molar-refractivity contribution < 1.29 is 14.4 Å². The van der Waals surface area contributed by atoms with Crippen molar-refractivity contribution in [2.24, 2.45) is 5.10 Å². The van der Waals surface area contributed by atoms with E-state index in [4.69, 9.17) is 4.84 Å². The van der Waals surface area contributed by atoms with Crippen LogP contribution in [0.25, 0.3) is 0 Å². The van der Waals surface area contributed by atoms with Gasteiger partial charge in [0.15, 0.2) is 5.78 Å². The Morgan fingerprint density at radius 3 is 2.63 bits per heavy atom. The topological polar surface area (TPSA) is 71.0 Å². The number of nitrogens with zero attached hydrogens (tertiary/aromatic N) is 2. The number of hydroxylamine groups is 1. The number of fused-ring (bicyclic) bond motifs is 1. The molecule has 1 heterocycles. The van der Waals surface area contributed by atoms with E-state index >= 15 is 0 Å². The average Bonchev–Trinajstić information content (AvgIpc) is 2.86. The summed E-state index contributed by atoms with van der Waals surface area (Å²) in [5.74, 6) is -0.236. The van der Waals surface area contributed by atoms with Crippen LogP contribution in [0.15, 0.2) is 53.6 Å². The molecule has 0 unspecified atom stereocenters. The van der Waals surface area contributed by atoms with Gasteiger partial charge in [0.25, 0.3) is 0 Å². The highest BCUT2D eigenvalue weighted by atomic mass is 16.7. The second-order valence-electron chi connectivity index (χ2n) is 8.55. The van der Waals surface area contributed by atoms with E-state index < -0.39 is 0 Å². The Balaban J connectivity index is 1.52. The van der Waals surface area contributed by atoms with Gasteiger partial charge < -0.3 is 4.84 Å². The molecule has 1 N–H and O–H groups in total. The molecule has 1 aliphatic carbocycles. The summed E-state index contributed by atoms with van der Waals surface area (Å²) < 4.78 is 0. The largest absolute Gasteiger partial charge is 0.363 e. The van der Waals surface area contributed by atoms with Gasteiger partial charge in [-0.1, -0.05) is 38.5 Å². The van der Waals surface area contributed by atoms with Crippen molar-refractivity contribution in [3.63, 3.8) is 0 Å². The first-order chi connectivity index (χ1) is 14.4. The molecule has 2 aromatic carbocycles. The molecule has 2 aliphatic rings. The molecule has 0 saturated heterocycles. The normalized spacial score (nSPS) is 19.3. The van der Waals surface area contributed by atoms with Crippen LogP contribution in [-0.4, -0.2) is 24.0 Å². The van der Waals surface area contributed by atoms with Crippen LogP contribution in [0.1, 0.15) is 61.9 Å². The maximum absolute atomic E-state index is 12.5. The van der Waals surface area contributed by atoms with Gasteiger partial charge in [0.2, 0.25) is 0 Å². The summed E-state index contributed by atoms with van der Waals surface area (Å²) in [4.78, 5) is 30.3. The molecule has 1 saturated carbocycles. The second-order valence-corrected chi connectivity index (χ2v) is 8.55. The van der Waals surface area contributed by atoms with Gasteiger partial charge in [-0.05, 0) is 55.2 Å². The van der Waals surface area contributed by atoms with E-state index in [2.05, 4.69) is 24.4 Å². The summed E-state index contributed by atoms with van der Waals surface area (Å²) in [7, 11) is 0. The van der Waals surface area contributed by atoms with Crippen molar-refractivity contribution in [2.75, 3.05) is 17.0 Å². The summed E-state index contributed by atoms with van der Waals surface area (Å²) in [6, 6.07) is 14.8. The smallest absolute Gasteiger partial charge is 0.335 e. The van der Waals surface area contributed by atoms with Gasteiger partial charge >= 0.3 is 5.97 Å². The molecule has 6 heteroatoms. The molecule has 156 valence electrons. The standard InChI is InChI=1S/C24H27N3O3/c1-24(2)16-27(30-23(29)17-9-5-3-6-10-17)21-14-13-18(15-19(21)24)25-26-20-11-7-4-8-12-22(20)28/h3,5-6,9-10,13-15,25H,4,7-8,11-12,16H2,1-2H3/b26-20+. The van der Waals surface area contributed by atoms with Crippen LogP contribution in [0, 0.1) is 0 Å². The predicted octanol–water partition coefficient (Wildman–Crippen LogP) is 4.86. The van der Waals surface area contributed by atoms with Gasteiger partial charge in [-0.2, -0.15) is 5.10 Å². The van der Waals surface area contributed by atoms with E-state index in [1.54, 1.807) is 17.2 Å². The van der Waals surface area contributed by atoms with Crippen molar-refractivity contribution in [3.05, 3.63) is 59.7 Å². The molecule has 30 heavy (non-hydrogen) atoms. The lowest BCUT2D eigenvalue weighted by molar-refractivity contribution is -0.113. The SMILES string of the molecule is CC1(C)CN(OC(=O)c2ccccc2)c2ccc(N/N=C3\CCCCCC3=O)cc21. The van der Waals surface area contributed by atoms with E-state index in [1.165, 1.54) is 0 Å². The van der Waals surface area contributed by atoms with E-state index in [-0.39, 0.29) is 17.2 Å². The molecule has 0 spiro atoms. The Bertz CT molecular complexity index is 982. The zero-order chi connectivity index (χ0) is 21.1. The van der Waals surface area contributed by atoms with E-state index in [9.17, 15) is 9.59 Å². The molecule has 0 bridgehead atoms. The quantitative estimate of drug-likeness (QED) is 0.581. The fourth-order valence-electron chi connectivity index (χ4n) is 3.99. The summed E-state index contributed by atoms with van der Waals surface area (Å²) >= 11 is 0. The molecule has 1 aliphatic heterocycles. The number of anilines is 2. The molecular weight excluding hydrogens is 378 g/mol. The van der Waals surface area contributed by atoms with E-state index in [0.29, 0.717) is 24.2 Å². The fourth-order valence-corrected chi connectivity index (χ4v) is 3.99. The lowest BCUT2D eigenvalue weighted by Gasteiger charge is -2.21. The van der Waals surface area contributed by atoms with Crippen LogP contribution in [0.3, 0.4) is 0 Å². The number of Topliss-reactive ketones (excluding diaryl/α,β-unsaturated/α-hetero) is 1. The number of carbonyl (C=O) groups excluding carboxylic acids is 2. The first-order valence-corrected chi connectivity index (χ1v) is 10.5. The van der Waals surface area contributed by atoms with Gasteiger partial charge in [0.05, 0.1) is 23.5 Å². The minimum atomic E-state index is -0.375. The molecule has 0 radical (unpaired) electrons. The predicted molar refractivity (Wildman–Crippen MR) is 118 cm³/mol. The van der Waals surface area contributed by atoms with Gasteiger partial charge in [0.1, 0.15) is 5.71 Å². The van der Waals surface area contributed by atoms with Crippen LogP contribution in [-0.2, 0) is 15.0 Å². The Morgan fingerprint density at radius 1 is 1.07 bits per heavy atom. The van der Waals surface area contributed by atoms with Crippen LogP contribution >= 0.6 is 0 Å².